The molecule has 0 atom stereocenters. The van der Waals surface area contributed by atoms with Gasteiger partial charge in [0, 0.05) is 31.7 Å². The summed E-state index contributed by atoms with van der Waals surface area (Å²) in [7, 11) is -1.69. The second-order valence-electron chi connectivity index (χ2n) is 10.2. The van der Waals surface area contributed by atoms with Gasteiger partial charge in [-0.25, -0.2) is 0 Å². The number of nitrogens with zero attached hydrogens (tertiary/aromatic N) is 1. The predicted octanol–water partition coefficient (Wildman–Crippen LogP) is 4.25. The van der Waals surface area contributed by atoms with Crippen LogP contribution in [0.15, 0.2) is 30.3 Å². The summed E-state index contributed by atoms with van der Waals surface area (Å²) >= 11 is 0. The van der Waals surface area contributed by atoms with Crippen LogP contribution in [0.25, 0.3) is 0 Å². The van der Waals surface area contributed by atoms with E-state index >= 15 is 0 Å². The van der Waals surface area contributed by atoms with Crippen LogP contribution in [0.4, 0.5) is 0 Å². The standard InChI is InChI=1S/C21H36N2OSi/c1-19(2,3)25(4,5)24-17-21-12-20(13-21,14-22)15-23(16-21)11-18-9-7-6-8-10-18/h6-10H,11-17,22H2,1-5H3. The molecule has 3 nitrogen and oxygen atoms in total. The van der Waals surface area contributed by atoms with Gasteiger partial charge >= 0.3 is 0 Å². The van der Waals surface area contributed by atoms with Gasteiger partial charge < -0.3 is 10.2 Å². The molecule has 1 aromatic rings. The minimum absolute atomic E-state index is 0.275. The van der Waals surface area contributed by atoms with Gasteiger partial charge in [0.05, 0.1) is 0 Å². The van der Waals surface area contributed by atoms with Crippen LogP contribution < -0.4 is 5.73 Å². The molecule has 140 valence electrons. The van der Waals surface area contributed by atoms with Gasteiger partial charge in [-0.2, -0.15) is 0 Å². The summed E-state index contributed by atoms with van der Waals surface area (Å²) in [6.07, 6.45) is 2.49. The minimum Gasteiger partial charge on any atom is -0.416 e. The van der Waals surface area contributed by atoms with Gasteiger partial charge in [0.1, 0.15) is 0 Å². The van der Waals surface area contributed by atoms with Crippen molar-refractivity contribution in [2.75, 3.05) is 26.2 Å². The third-order valence-corrected chi connectivity index (χ3v) is 11.3. The van der Waals surface area contributed by atoms with Crippen molar-refractivity contribution in [2.45, 2.75) is 58.3 Å². The van der Waals surface area contributed by atoms with Gasteiger partial charge in [-0.05, 0) is 48.5 Å². The van der Waals surface area contributed by atoms with Crippen LogP contribution in [0.2, 0.25) is 18.1 Å². The molecule has 0 aromatic heterocycles. The highest BCUT2D eigenvalue weighted by Crippen LogP contribution is 2.59. The van der Waals surface area contributed by atoms with Crippen molar-refractivity contribution in [1.29, 1.82) is 0 Å². The summed E-state index contributed by atoms with van der Waals surface area (Å²) in [5, 5.41) is 0.275. The van der Waals surface area contributed by atoms with Crippen molar-refractivity contribution in [1.82, 2.24) is 4.90 Å². The monoisotopic (exact) mass is 360 g/mol. The molecule has 3 aliphatic rings. The maximum absolute atomic E-state index is 6.63. The average molecular weight is 361 g/mol. The van der Waals surface area contributed by atoms with Crippen molar-refractivity contribution in [3.05, 3.63) is 35.9 Å². The maximum atomic E-state index is 6.63. The predicted molar refractivity (Wildman–Crippen MR) is 108 cm³/mol. The molecule has 1 aromatic carbocycles. The number of rotatable bonds is 6. The fourth-order valence-corrected chi connectivity index (χ4v) is 5.73. The minimum atomic E-state index is -1.69. The van der Waals surface area contributed by atoms with Crippen molar-refractivity contribution >= 4 is 8.32 Å². The number of hydrogen-bond donors (Lipinski definition) is 1. The smallest absolute Gasteiger partial charge is 0.192 e. The summed E-state index contributed by atoms with van der Waals surface area (Å²) in [5.41, 5.74) is 8.23. The number of hydrogen-bond acceptors (Lipinski definition) is 3. The van der Waals surface area contributed by atoms with Gasteiger partial charge in [-0.1, -0.05) is 51.1 Å². The molecule has 0 radical (unpaired) electrons. The van der Waals surface area contributed by atoms with Crippen molar-refractivity contribution in [2.24, 2.45) is 16.6 Å². The Kier molecular flexibility index (Phi) is 4.95. The first-order valence-electron chi connectivity index (χ1n) is 9.69. The first-order valence-corrected chi connectivity index (χ1v) is 12.6. The fraction of sp³-hybridized carbons (Fsp3) is 0.714. The van der Waals surface area contributed by atoms with Gasteiger partial charge in [-0.15, -0.1) is 0 Å². The molecule has 0 amide bonds. The first-order chi connectivity index (χ1) is 11.6. The fourth-order valence-electron chi connectivity index (χ4n) is 4.63. The SMILES string of the molecule is CC(C)(C)[Si](C)(C)OCC12CN(Cc3ccccc3)CC(CN)(C1)C2. The van der Waals surface area contributed by atoms with E-state index in [4.69, 9.17) is 10.2 Å². The van der Waals surface area contributed by atoms with Crippen LogP contribution >= 0.6 is 0 Å². The Bertz CT molecular complexity index is 588. The average Bonchev–Trinajstić information content (AvgIpc) is 2.52. The maximum Gasteiger partial charge on any atom is 0.192 e. The molecule has 3 fully saturated rings. The van der Waals surface area contributed by atoms with Crippen LogP contribution in [0.5, 0.6) is 0 Å². The number of piperidine rings is 2. The largest absolute Gasteiger partial charge is 0.416 e. The summed E-state index contributed by atoms with van der Waals surface area (Å²) in [6, 6.07) is 10.8. The zero-order chi connectivity index (χ0) is 18.3. The molecular weight excluding hydrogens is 324 g/mol. The summed E-state index contributed by atoms with van der Waals surface area (Å²) in [6.45, 7) is 16.7. The molecule has 4 heteroatoms. The number of benzene rings is 1. The second kappa shape index (κ2) is 6.49. The third kappa shape index (κ3) is 3.87. The molecule has 2 heterocycles. The van der Waals surface area contributed by atoms with Gasteiger partial charge in [-0.3, -0.25) is 4.90 Å². The van der Waals surface area contributed by atoms with Crippen LogP contribution in [-0.2, 0) is 11.0 Å². The topological polar surface area (TPSA) is 38.5 Å². The van der Waals surface area contributed by atoms with E-state index in [0.717, 1.165) is 32.8 Å². The Morgan fingerprint density at radius 3 is 2.24 bits per heavy atom. The lowest BCUT2D eigenvalue weighted by atomic mass is 9.50. The molecule has 4 rings (SSSR count). The number of fused-ring (bicyclic) bond motifs is 2. The first kappa shape index (κ1) is 19.1. The molecule has 0 spiro atoms. The highest BCUT2D eigenvalue weighted by molar-refractivity contribution is 6.74. The molecule has 25 heavy (non-hydrogen) atoms. The van der Waals surface area contributed by atoms with Crippen molar-refractivity contribution in [3.8, 4) is 0 Å². The van der Waals surface area contributed by atoms with E-state index < -0.39 is 8.32 Å². The summed E-state index contributed by atoms with van der Waals surface area (Å²) in [5.74, 6) is 0. The van der Waals surface area contributed by atoms with E-state index in [-0.39, 0.29) is 5.04 Å². The molecular formula is C21H36N2OSi. The Morgan fingerprint density at radius 2 is 1.68 bits per heavy atom. The van der Waals surface area contributed by atoms with E-state index in [1.54, 1.807) is 0 Å². The molecule has 1 saturated carbocycles. The van der Waals surface area contributed by atoms with Crippen LogP contribution in [0, 0.1) is 10.8 Å². The molecule has 2 bridgehead atoms. The normalized spacial score (nSPS) is 30.2. The lowest BCUT2D eigenvalue weighted by molar-refractivity contribution is -0.150. The van der Waals surface area contributed by atoms with Gasteiger partial charge in [0.15, 0.2) is 8.32 Å². The lowest BCUT2D eigenvalue weighted by Crippen LogP contribution is -2.67. The third-order valence-electron chi connectivity index (χ3n) is 6.85. The highest BCUT2D eigenvalue weighted by Gasteiger charge is 2.59. The van der Waals surface area contributed by atoms with E-state index in [1.807, 2.05) is 0 Å². The zero-order valence-corrected chi connectivity index (χ0v) is 17.8. The molecule has 0 unspecified atom stereocenters. The second-order valence-corrected chi connectivity index (χ2v) is 15.0. The quantitative estimate of drug-likeness (QED) is 0.771. The Labute approximate surface area is 155 Å². The van der Waals surface area contributed by atoms with E-state index in [9.17, 15) is 0 Å². The van der Waals surface area contributed by atoms with Crippen molar-refractivity contribution < 1.29 is 4.43 Å². The van der Waals surface area contributed by atoms with E-state index in [2.05, 4.69) is 69.1 Å². The molecule has 2 N–H and O–H groups in total. The van der Waals surface area contributed by atoms with Crippen LogP contribution in [0.3, 0.4) is 0 Å². The molecule has 2 aliphatic heterocycles. The van der Waals surface area contributed by atoms with Gasteiger partial charge in [0.25, 0.3) is 0 Å². The summed E-state index contributed by atoms with van der Waals surface area (Å²) in [4.78, 5) is 2.62. The van der Waals surface area contributed by atoms with Crippen molar-refractivity contribution in [3.63, 3.8) is 0 Å². The Hall–Kier alpha value is -0.683. The molecule has 1 aliphatic carbocycles. The molecule has 2 saturated heterocycles. The number of nitrogens with two attached hydrogens (primary N) is 1. The Morgan fingerprint density at radius 1 is 1.08 bits per heavy atom. The van der Waals surface area contributed by atoms with Crippen LogP contribution in [-0.4, -0.2) is 39.5 Å². The summed E-state index contributed by atoms with van der Waals surface area (Å²) < 4.78 is 6.63. The van der Waals surface area contributed by atoms with E-state index in [1.165, 1.54) is 18.4 Å². The van der Waals surface area contributed by atoms with E-state index in [0.29, 0.717) is 10.8 Å². The van der Waals surface area contributed by atoms with Crippen LogP contribution in [0.1, 0.15) is 39.2 Å². The lowest BCUT2D eigenvalue weighted by Gasteiger charge is -2.64. The zero-order valence-electron chi connectivity index (χ0n) is 16.8. The van der Waals surface area contributed by atoms with Gasteiger partial charge in [0.2, 0.25) is 0 Å². The highest BCUT2D eigenvalue weighted by atomic mass is 28.4. The Balaban J connectivity index is 1.67.